The van der Waals surface area contributed by atoms with Crippen molar-refractivity contribution in [2.75, 3.05) is 16.8 Å². The number of hydrogen-bond donors (Lipinski definition) is 2. The number of nitrogens with zero attached hydrogens (tertiary/aromatic N) is 1. The number of carbonyl (C=O) groups is 1. The Morgan fingerprint density at radius 3 is 2.76 bits per heavy atom. The smallest absolute Gasteiger partial charge is 0.234 e. The van der Waals surface area contributed by atoms with E-state index in [4.69, 9.17) is 28.9 Å². The lowest BCUT2D eigenvalue weighted by Gasteiger charge is -2.10. The van der Waals surface area contributed by atoms with Crippen LogP contribution in [0.2, 0.25) is 10.0 Å². The molecule has 4 nitrogen and oxygen atoms in total. The highest BCUT2D eigenvalue weighted by molar-refractivity contribution is 7.99. The number of nitrogens with one attached hydrogen (secondary N) is 1. The number of rotatable bonds is 4. The highest BCUT2D eigenvalue weighted by atomic mass is 35.5. The van der Waals surface area contributed by atoms with Gasteiger partial charge in [0.25, 0.3) is 0 Å². The SMILES string of the molecule is Cc1ccc(Cl)c(NC(=O)CSc2ccc(N)cn2)c1Cl. The molecule has 1 amide bonds. The van der Waals surface area contributed by atoms with E-state index in [2.05, 4.69) is 10.3 Å². The second-order valence-corrected chi connectivity index (χ2v) is 6.10. The molecule has 0 aliphatic heterocycles. The predicted molar refractivity (Wildman–Crippen MR) is 89.2 cm³/mol. The second kappa shape index (κ2) is 7.02. The second-order valence-electron chi connectivity index (χ2n) is 4.32. The number of nitrogen functional groups attached to an aromatic ring is 1. The molecule has 1 heterocycles. The van der Waals surface area contributed by atoms with E-state index in [0.29, 0.717) is 21.4 Å². The molecule has 1 aromatic heterocycles. The zero-order chi connectivity index (χ0) is 15.4. The average molecular weight is 342 g/mol. The van der Waals surface area contributed by atoms with Gasteiger partial charge in [-0.05, 0) is 30.7 Å². The summed E-state index contributed by atoms with van der Waals surface area (Å²) in [6, 6.07) is 7.00. The van der Waals surface area contributed by atoms with Crippen molar-refractivity contribution < 1.29 is 4.79 Å². The minimum Gasteiger partial charge on any atom is -0.397 e. The summed E-state index contributed by atoms with van der Waals surface area (Å²) in [5, 5.41) is 4.31. The van der Waals surface area contributed by atoms with Crippen molar-refractivity contribution >= 4 is 52.2 Å². The first-order valence-corrected chi connectivity index (χ1v) is 7.80. The van der Waals surface area contributed by atoms with E-state index in [1.54, 1.807) is 30.5 Å². The zero-order valence-electron chi connectivity index (χ0n) is 11.2. The van der Waals surface area contributed by atoms with Crippen molar-refractivity contribution in [1.29, 1.82) is 0 Å². The Morgan fingerprint density at radius 1 is 1.33 bits per heavy atom. The number of benzene rings is 1. The third kappa shape index (κ3) is 4.27. The van der Waals surface area contributed by atoms with Crippen LogP contribution in [0.15, 0.2) is 35.5 Å². The van der Waals surface area contributed by atoms with E-state index >= 15 is 0 Å². The van der Waals surface area contributed by atoms with Gasteiger partial charge < -0.3 is 11.1 Å². The molecule has 0 saturated heterocycles. The molecule has 0 bridgehead atoms. The first-order valence-electron chi connectivity index (χ1n) is 6.06. The Kier molecular flexibility index (Phi) is 5.33. The van der Waals surface area contributed by atoms with Crippen LogP contribution in [0.3, 0.4) is 0 Å². The maximum atomic E-state index is 12.0. The summed E-state index contributed by atoms with van der Waals surface area (Å²) >= 11 is 13.5. The maximum Gasteiger partial charge on any atom is 0.234 e. The number of thioether (sulfide) groups is 1. The standard InChI is InChI=1S/C14H13Cl2N3OS/c1-8-2-4-10(15)14(13(8)16)19-11(20)7-21-12-5-3-9(17)6-18-12/h2-6H,7,17H2,1H3,(H,19,20). The Morgan fingerprint density at radius 2 is 2.10 bits per heavy atom. The number of carbonyl (C=O) groups excluding carboxylic acids is 1. The summed E-state index contributed by atoms with van der Waals surface area (Å²) in [6.45, 7) is 1.85. The molecule has 0 unspecified atom stereocenters. The molecule has 2 rings (SSSR count). The van der Waals surface area contributed by atoms with Crippen LogP contribution < -0.4 is 11.1 Å². The molecule has 21 heavy (non-hydrogen) atoms. The van der Waals surface area contributed by atoms with Crippen LogP contribution >= 0.6 is 35.0 Å². The fourth-order valence-electron chi connectivity index (χ4n) is 1.56. The van der Waals surface area contributed by atoms with Gasteiger partial charge in [0, 0.05) is 0 Å². The first kappa shape index (κ1) is 15.9. The highest BCUT2D eigenvalue weighted by Crippen LogP contribution is 2.33. The molecule has 0 spiro atoms. The summed E-state index contributed by atoms with van der Waals surface area (Å²) in [7, 11) is 0. The third-order valence-electron chi connectivity index (χ3n) is 2.66. The molecule has 0 atom stereocenters. The van der Waals surface area contributed by atoms with Crippen LogP contribution in [0, 0.1) is 6.92 Å². The Bertz CT molecular complexity index is 662. The van der Waals surface area contributed by atoms with Crippen LogP contribution in [0.5, 0.6) is 0 Å². The number of anilines is 2. The van der Waals surface area contributed by atoms with E-state index in [1.165, 1.54) is 11.8 Å². The number of aryl methyl sites for hydroxylation is 1. The topological polar surface area (TPSA) is 68.0 Å². The number of pyridine rings is 1. The van der Waals surface area contributed by atoms with Gasteiger partial charge in [0.05, 0.1) is 38.4 Å². The molecule has 2 aromatic rings. The summed E-state index contributed by atoms with van der Waals surface area (Å²) in [5.41, 5.74) is 7.43. The monoisotopic (exact) mass is 341 g/mol. The van der Waals surface area contributed by atoms with Crippen molar-refractivity contribution in [3.05, 3.63) is 46.1 Å². The van der Waals surface area contributed by atoms with Gasteiger partial charge in [-0.25, -0.2) is 4.98 Å². The predicted octanol–water partition coefficient (Wildman–Crippen LogP) is 4.01. The fourth-order valence-corrected chi connectivity index (χ4v) is 2.67. The van der Waals surface area contributed by atoms with Gasteiger partial charge in [-0.2, -0.15) is 0 Å². The van der Waals surface area contributed by atoms with Gasteiger partial charge in [-0.15, -0.1) is 0 Å². The van der Waals surface area contributed by atoms with Crippen molar-refractivity contribution in [3.8, 4) is 0 Å². The van der Waals surface area contributed by atoms with E-state index in [9.17, 15) is 4.79 Å². The average Bonchev–Trinajstić information content (AvgIpc) is 2.47. The maximum absolute atomic E-state index is 12.0. The Labute approximate surface area is 137 Å². The Hall–Kier alpha value is -1.43. The van der Waals surface area contributed by atoms with Gasteiger partial charge in [0.15, 0.2) is 0 Å². The van der Waals surface area contributed by atoms with Crippen molar-refractivity contribution in [2.24, 2.45) is 0 Å². The normalized spacial score (nSPS) is 10.4. The summed E-state index contributed by atoms with van der Waals surface area (Å²) < 4.78 is 0. The number of nitrogens with two attached hydrogens (primary N) is 1. The van der Waals surface area contributed by atoms with Crippen LogP contribution in [-0.2, 0) is 4.79 Å². The fraction of sp³-hybridized carbons (Fsp3) is 0.143. The summed E-state index contributed by atoms with van der Waals surface area (Å²) in [6.07, 6.45) is 1.55. The summed E-state index contributed by atoms with van der Waals surface area (Å²) in [4.78, 5) is 16.1. The van der Waals surface area contributed by atoms with E-state index in [1.807, 2.05) is 6.92 Å². The van der Waals surface area contributed by atoms with Gasteiger partial charge in [-0.1, -0.05) is 41.0 Å². The van der Waals surface area contributed by atoms with Crippen LogP contribution in [0.25, 0.3) is 0 Å². The zero-order valence-corrected chi connectivity index (χ0v) is 13.5. The molecule has 110 valence electrons. The molecule has 0 saturated carbocycles. The van der Waals surface area contributed by atoms with E-state index in [-0.39, 0.29) is 11.7 Å². The lowest BCUT2D eigenvalue weighted by atomic mass is 10.2. The molecule has 1 aromatic carbocycles. The lowest BCUT2D eigenvalue weighted by Crippen LogP contribution is -2.15. The molecular formula is C14H13Cl2N3OS. The molecule has 0 aliphatic carbocycles. The quantitative estimate of drug-likeness (QED) is 0.824. The van der Waals surface area contributed by atoms with Gasteiger partial charge in [-0.3, -0.25) is 4.79 Å². The van der Waals surface area contributed by atoms with Crippen molar-refractivity contribution in [3.63, 3.8) is 0 Å². The Balaban J connectivity index is 1.99. The minimum absolute atomic E-state index is 0.201. The third-order valence-corrected chi connectivity index (χ3v) is 4.40. The van der Waals surface area contributed by atoms with Gasteiger partial charge in [0.2, 0.25) is 5.91 Å². The molecule has 0 aliphatic rings. The lowest BCUT2D eigenvalue weighted by molar-refractivity contribution is -0.113. The van der Waals surface area contributed by atoms with Gasteiger partial charge >= 0.3 is 0 Å². The van der Waals surface area contributed by atoms with Crippen LogP contribution in [0.1, 0.15) is 5.56 Å². The van der Waals surface area contributed by atoms with Crippen LogP contribution in [-0.4, -0.2) is 16.6 Å². The van der Waals surface area contributed by atoms with Gasteiger partial charge in [0.1, 0.15) is 0 Å². The van der Waals surface area contributed by atoms with Crippen LogP contribution in [0.4, 0.5) is 11.4 Å². The summed E-state index contributed by atoms with van der Waals surface area (Å²) in [5.74, 6) is 0.00497. The van der Waals surface area contributed by atoms with E-state index < -0.39 is 0 Å². The first-order chi connectivity index (χ1) is 9.97. The van der Waals surface area contributed by atoms with E-state index in [0.717, 1.165) is 10.6 Å². The molecule has 7 heteroatoms. The largest absolute Gasteiger partial charge is 0.397 e. The molecular weight excluding hydrogens is 329 g/mol. The molecule has 3 N–H and O–H groups in total. The number of amides is 1. The van der Waals surface area contributed by atoms with Crippen molar-refractivity contribution in [1.82, 2.24) is 4.98 Å². The number of aromatic nitrogens is 1. The van der Waals surface area contributed by atoms with Crippen molar-refractivity contribution in [2.45, 2.75) is 11.9 Å². The minimum atomic E-state index is -0.201. The number of halogens is 2. The molecule has 0 radical (unpaired) electrons. The highest BCUT2D eigenvalue weighted by Gasteiger charge is 2.12. The molecule has 0 fully saturated rings. The number of hydrogen-bond acceptors (Lipinski definition) is 4.